The molecule has 0 spiro atoms. The number of halogens is 1. The number of nitrogens with one attached hydrogen (secondary N) is 1. The Morgan fingerprint density at radius 1 is 1.48 bits per heavy atom. The second-order valence-corrected chi connectivity index (χ2v) is 6.04. The molecule has 2 aromatic rings. The fraction of sp³-hybridized carbons (Fsp3) is 0.412. The highest BCUT2D eigenvalue weighted by Crippen LogP contribution is 2.22. The van der Waals surface area contributed by atoms with Gasteiger partial charge in [0.05, 0.1) is 24.3 Å². The largest absolute Gasteiger partial charge is 0.370 e. The third-order valence-electron chi connectivity index (χ3n) is 4.30. The van der Waals surface area contributed by atoms with Gasteiger partial charge < -0.3 is 15.0 Å². The summed E-state index contributed by atoms with van der Waals surface area (Å²) >= 11 is 0. The maximum Gasteiger partial charge on any atom is 0.274 e. The van der Waals surface area contributed by atoms with E-state index in [0.29, 0.717) is 37.8 Å². The van der Waals surface area contributed by atoms with Crippen molar-refractivity contribution >= 4 is 35.6 Å². The van der Waals surface area contributed by atoms with Crippen LogP contribution in [0.1, 0.15) is 17.2 Å². The molecule has 1 fully saturated rings. The molecule has 146 valence electrons. The number of guanidine groups is 1. The van der Waals surface area contributed by atoms with Crippen LogP contribution >= 0.6 is 24.0 Å². The Morgan fingerprint density at radius 3 is 2.93 bits per heavy atom. The fourth-order valence-electron chi connectivity index (χ4n) is 2.99. The van der Waals surface area contributed by atoms with E-state index in [1.54, 1.807) is 36.1 Å². The second-order valence-electron chi connectivity index (χ2n) is 6.04. The van der Waals surface area contributed by atoms with E-state index in [2.05, 4.69) is 20.3 Å². The van der Waals surface area contributed by atoms with Gasteiger partial charge in [0.15, 0.2) is 5.96 Å². The lowest BCUT2D eigenvalue weighted by molar-refractivity contribution is -0.385. The molecule has 9 nitrogen and oxygen atoms in total. The summed E-state index contributed by atoms with van der Waals surface area (Å²) in [7, 11) is 3.58. The van der Waals surface area contributed by atoms with Crippen molar-refractivity contribution in [2.45, 2.75) is 12.6 Å². The molecular weight excluding hydrogens is 463 g/mol. The Hall–Kier alpha value is -2.21. The van der Waals surface area contributed by atoms with Crippen LogP contribution in [0.15, 0.2) is 41.7 Å². The van der Waals surface area contributed by atoms with Gasteiger partial charge in [0.2, 0.25) is 0 Å². The van der Waals surface area contributed by atoms with Gasteiger partial charge in [0.1, 0.15) is 6.10 Å². The SMILES string of the molecule is CN=C(NCc1ccccc1[N+](=O)[O-])N1CCOC(c2cnn(C)c2)C1.I. The Bertz CT molecular complexity index is 809. The molecule has 2 heterocycles. The number of nitro benzene ring substituents is 1. The van der Waals surface area contributed by atoms with Crippen molar-refractivity contribution in [1.82, 2.24) is 20.0 Å². The van der Waals surface area contributed by atoms with Crippen molar-refractivity contribution in [3.8, 4) is 0 Å². The molecule has 1 saturated heterocycles. The minimum atomic E-state index is -0.368. The first-order valence-electron chi connectivity index (χ1n) is 8.36. The molecule has 1 aromatic carbocycles. The van der Waals surface area contributed by atoms with E-state index in [1.807, 2.05) is 13.2 Å². The summed E-state index contributed by atoms with van der Waals surface area (Å²) in [6.07, 6.45) is 3.66. The molecule has 0 aliphatic carbocycles. The van der Waals surface area contributed by atoms with Crippen LogP contribution in [0.2, 0.25) is 0 Å². The molecule has 3 rings (SSSR count). The normalized spacial score (nSPS) is 17.3. The van der Waals surface area contributed by atoms with Crippen molar-refractivity contribution in [2.24, 2.45) is 12.0 Å². The van der Waals surface area contributed by atoms with Crippen molar-refractivity contribution in [3.63, 3.8) is 0 Å². The average Bonchev–Trinajstić information content (AvgIpc) is 3.09. The Morgan fingerprint density at radius 2 is 2.26 bits per heavy atom. The third kappa shape index (κ3) is 5.16. The number of morpholine rings is 1. The molecule has 0 bridgehead atoms. The number of nitrogens with zero attached hydrogens (tertiary/aromatic N) is 5. The number of hydrogen-bond acceptors (Lipinski definition) is 5. The minimum Gasteiger partial charge on any atom is -0.370 e. The highest BCUT2D eigenvalue weighted by Gasteiger charge is 2.25. The lowest BCUT2D eigenvalue weighted by Crippen LogP contribution is -2.47. The van der Waals surface area contributed by atoms with E-state index >= 15 is 0 Å². The highest BCUT2D eigenvalue weighted by molar-refractivity contribution is 14.0. The molecule has 1 aliphatic heterocycles. The van der Waals surface area contributed by atoms with Crippen LogP contribution in [0.25, 0.3) is 0 Å². The number of para-hydroxylation sites is 1. The number of rotatable bonds is 4. The zero-order chi connectivity index (χ0) is 18.5. The average molecular weight is 486 g/mol. The third-order valence-corrected chi connectivity index (χ3v) is 4.30. The fourth-order valence-corrected chi connectivity index (χ4v) is 2.99. The molecule has 1 aliphatic rings. The summed E-state index contributed by atoms with van der Waals surface area (Å²) in [5, 5.41) is 18.6. The zero-order valence-electron chi connectivity index (χ0n) is 15.2. The first kappa shape index (κ1) is 21.1. The maximum absolute atomic E-state index is 11.2. The Balaban J connectivity index is 0.00000261. The quantitative estimate of drug-likeness (QED) is 0.234. The minimum absolute atomic E-state index is 0. The van der Waals surface area contributed by atoms with E-state index in [4.69, 9.17) is 4.74 Å². The van der Waals surface area contributed by atoms with Gasteiger partial charge in [-0.3, -0.25) is 19.8 Å². The van der Waals surface area contributed by atoms with Gasteiger partial charge in [0.25, 0.3) is 5.69 Å². The lowest BCUT2D eigenvalue weighted by Gasteiger charge is -2.34. The first-order valence-corrected chi connectivity index (χ1v) is 8.36. The summed E-state index contributed by atoms with van der Waals surface area (Å²) < 4.78 is 7.60. The highest BCUT2D eigenvalue weighted by atomic mass is 127. The van der Waals surface area contributed by atoms with E-state index < -0.39 is 0 Å². The van der Waals surface area contributed by atoms with Crippen molar-refractivity contribution in [3.05, 3.63) is 57.9 Å². The van der Waals surface area contributed by atoms with Gasteiger partial charge in [-0.15, -0.1) is 24.0 Å². The molecule has 27 heavy (non-hydrogen) atoms. The predicted octanol–water partition coefficient (Wildman–Crippen LogP) is 2.10. The van der Waals surface area contributed by atoms with Gasteiger partial charge in [-0.05, 0) is 0 Å². The van der Waals surface area contributed by atoms with E-state index in [1.165, 1.54) is 6.07 Å². The molecule has 1 aromatic heterocycles. The number of aromatic nitrogens is 2. The molecule has 0 saturated carbocycles. The second kappa shape index (κ2) is 9.65. The van der Waals surface area contributed by atoms with Crippen LogP contribution in [-0.2, 0) is 18.3 Å². The van der Waals surface area contributed by atoms with Crippen LogP contribution in [0.5, 0.6) is 0 Å². The Labute approximate surface area is 174 Å². The van der Waals surface area contributed by atoms with Crippen molar-refractivity contribution < 1.29 is 9.66 Å². The molecule has 0 amide bonds. The topological polar surface area (TPSA) is 97.8 Å². The van der Waals surface area contributed by atoms with Crippen molar-refractivity contribution in [1.29, 1.82) is 0 Å². The summed E-state index contributed by atoms with van der Waals surface area (Å²) in [6.45, 7) is 2.25. The number of nitro groups is 1. The summed E-state index contributed by atoms with van der Waals surface area (Å²) in [4.78, 5) is 17.2. The molecule has 1 unspecified atom stereocenters. The van der Waals surface area contributed by atoms with Crippen LogP contribution < -0.4 is 5.32 Å². The zero-order valence-corrected chi connectivity index (χ0v) is 17.6. The van der Waals surface area contributed by atoms with Crippen LogP contribution in [0.4, 0.5) is 5.69 Å². The summed E-state index contributed by atoms with van der Waals surface area (Å²) in [5.41, 5.74) is 1.74. The van der Waals surface area contributed by atoms with Gasteiger partial charge in [-0.2, -0.15) is 5.10 Å². The number of hydrogen-bond donors (Lipinski definition) is 1. The lowest BCUT2D eigenvalue weighted by atomic mass is 10.1. The van der Waals surface area contributed by atoms with Gasteiger partial charge in [-0.1, -0.05) is 18.2 Å². The van der Waals surface area contributed by atoms with E-state index in [0.717, 1.165) is 5.56 Å². The molecule has 1 atom stereocenters. The molecule has 10 heteroatoms. The summed E-state index contributed by atoms with van der Waals surface area (Å²) in [5.74, 6) is 0.695. The maximum atomic E-state index is 11.2. The standard InChI is InChI=1S/C17H22N6O3.HI/c1-18-17(19-9-13-5-3-4-6-15(13)23(24)25)22-7-8-26-16(12-22)14-10-20-21(2)11-14;/h3-6,10-11,16H,7-9,12H2,1-2H3,(H,18,19);1H. The predicted molar refractivity (Wildman–Crippen MR) is 112 cm³/mol. The first-order chi connectivity index (χ1) is 12.6. The molecule has 0 radical (unpaired) electrons. The molecule has 1 N–H and O–H groups in total. The van der Waals surface area contributed by atoms with Gasteiger partial charge >= 0.3 is 0 Å². The van der Waals surface area contributed by atoms with Crippen LogP contribution in [0.3, 0.4) is 0 Å². The van der Waals surface area contributed by atoms with Crippen molar-refractivity contribution in [2.75, 3.05) is 26.7 Å². The van der Waals surface area contributed by atoms with Crippen LogP contribution in [-0.4, -0.2) is 52.3 Å². The smallest absolute Gasteiger partial charge is 0.274 e. The Kier molecular flexibility index (Phi) is 7.54. The molecular formula is C17H23IN6O3. The summed E-state index contributed by atoms with van der Waals surface area (Å²) in [6, 6.07) is 6.71. The van der Waals surface area contributed by atoms with Gasteiger partial charge in [0, 0.05) is 50.6 Å². The van der Waals surface area contributed by atoms with Gasteiger partial charge in [-0.25, -0.2) is 0 Å². The number of benzene rings is 1. The number of aryl methyl sites for hydroxylation is 1. The number of aliphatic imine (C=N–C) groups is 1. The van der Waals surface area contributed by atoms with E-state index in [-0.39, 0.29) is 40.7 Å². The van der Waals surface area contributed by atoms with Crippen LogP contribution in [0, 0.1) is 10.1 Å². The van der Waals surface area contributed by atoms with E-state index in [9.17, 15) is 10.1 Å². The number of ether oxygens (including phenoxy) is 1. The monoisotopic (exact) mass is 486 g/mol.